The first-order chi connectivity index (χ1) is 7.19. The van der Waals surface area contributed by atoms with Gasteiger partial charge in [-0.15, -0.1) is 11.3 Å². The normalized spacial score (nSPS) is 10.3. The fourth-order valence-electron chi connectivity index (χ4n) is 1.21. The number of rotatable bonds is 5. The van der Waals surface area contributed by atoms with Crippen LogP contribution in [0.3, 0.4) is 0 Å². The van der Waals surface area contributed by atoms with Crippen LogP contribution in [-0.2, 0) is 6.42 Å². The summed E-state index contributed by atoms with van der Waals surface area (Å²) in [5.41, 5.74) is 6.25. The smallest absolute Gasteiger partial charge is 0.263 e. The number of amides is 1. The van der Waals surface area contributed by atoms with E-state index < -0.39 is 0 Å². The van der Waals surface area contributed by atoms with Crippen molar-refractivity contribution in [2.45, 2.75) is 26.7 Å². The summed E-state index contributed by atoms with van der Waals surface area (Å²) >= 11 is 1.44. The lowest BCUT2D eigenvalue weighted by molar-refractivity contribution is 0.0957. The molecule has 0 unspecified atom stereocenters. The number of thiazole rings is 1. The Hall–Kier alpha value is -0.940. The third-order valence-electron chi connectivity index (χ3n) is 1.94. The lowest BCUT2D eigenvalue weighted by atomic mass is 10.3. The molecule has 0 atom stereocenters. The van der Waals surface area contributed by atoms with Gasteiger partial charge in [0.25, 0.3) is 5.91 Å². The number of carbonyl (C=O) groups excluding carboxylic acids is 1. The second kappa shape index (κ2) is 5.82. The standard InChI is InChI=1S/C10H17N3OS/c1-3-6-12-10(14)9-7(2)13-8(15-9)4-5-11/h3-6,11H2,1-2H3,(H,12,14). The zero-order valence-corrected chi connectivity index (χ0v) is 9.99. The van der Waals surface area contributed by atoms with Gasteiger partial charge < -0.3 is 11.1 Å². The van der Waals surface area contributed by atoms with Crippen LogP contribution in [0.4, 0.5) is 0 Å². The van der Waals surface area contributed by atoms with Crippen LogP contribution in [0.5, 0.6) is 0 Å². The van der Waals surface area contributed by atoms with Gasteiger partial charge >= 0.3 is 0 Å². The molecule has 5 heteroatoms. The Morgan fingerprint density at radius 3 is 2.93 bits per heavy atom. The third kappa shape index (κ3) is 3.28. The van der Waals surface area contributed by atoms with E-state index in [1.807, 2.05) is 13.8 Å². The minimum atomic E-state index is -0.0184. The van der Waals surface area contributed by atoms with Gasteiger partial charge in [-0.3, -0.25) is 4.79 Å². The minimum absolute atomic E-state index is 0.0184. The van der Waals surface area contributed by atoms with E-state index in [9.17, 15) is 4.79 Å². The molecule has 1 aromatic rings. The summed E-state index contributed by atoms with van der Waals surface area (Å²) in [4.78, 5) is 16.7. The Labute approximate surface area is 93.9 Å². The van der Waals surface area contributed by atoms with E-state index in [1.165, 1.54) is 11.3 Å². The highest BCUT2D eigenvalue weighted by molar-refractivity contribution is 7.13. The molecule has 1 amide bonds. The summed E-state index contributed by atoms with van der Waals surface area (Å²) in [6, 6.07) is 0. The monoisotopic (exact) mass is 227 g/mol. The average molecular weight is 227 g/mol. The quantitative estimate of drug-likeness (QED) is 0.791. The van der Waals surface area contributed by atoms with Crippen LogP contribution in [0.15, 0.2) is 0 Å². The van der Waals surface area contributed by atoms with E-state index in [0.29, 0.717) is 18.0 Å². The summed E-state index contributed by atoms with van der Waals surface area (Å²) in [6.07, 6.45) is 1.69. The number of hydrogen-bond donors (Lipinski definition) is 2. The molecule has 0 bridgehead atoms. The Morgan fingerprint density at radius 2 is 2.33 bits per heavy atom. The molecule has 0 aromatic carbocycles. The zero-order chi connectivity index (χ0) is 11.3. The van der Waals surface area contributed by atoms with Gasteiger partial charge in [0.15, 0.2) is 0 Å². The van der Waals surface area contributed by atoms with Gasteiger partial charge in [-0.25, -0.2) is 4.98 Å². The van der Waals surface area contributed by atoms with Crippen LogP contribution in [-0.4, -0.2) is 24.0 Å². The SMILES string of the molecule is CCCNC(=O)c1sc(CCN)nc1C. The van der Waals surface area contributed by atoms with E-state index in [0.717, 1.165) is 23.5 Å². The maximum Gasteiger partial charge on any atom is 0.263 e. The van der Waals surface area contributed by atoms with Crippen LogP contribution in [0, 0.1) is 6.92 Å². The average Bonchev–Trinajstić information content (AvgIpc) is 2.57. The van der Waals surface area contributed by atoms with Crippen LogP contribution >= 0.6 is 11.3 Å². The predicted molar refractivity (Wildman–Crippen MR) is 62.2 cm³/mol. The summed E-state index contributed by atoms with van der Waals surface area (Å²) in [7, 11) is 0. The Bertz CT molecular complexity index is 335. The first kappa shape index (κ1) is 12.1. The molecule has 0 saturated heterocycles. The zero-order valence-electron chi connectivity index (χ0n) is 9.17. The van der Waals surface area contributed by atoms with Gasteiger partial charge in [-0.05, 0) is 19.9 Å². The Morgan fingerprint density at radius 1 is 1.60 bits per heavy atom. The summed E-state index contributed by atoms with van der Waals surface area (Å²) in [6.45, 7) is 5.17. The summed E-state index contributed by atoms with van der Waals surface area (Å²) < 4.78 is 0. The molecule has 15 heavy (non-hydrogen) atoms. The highest BCUT2D eigenvalue weighted by atomic mass is 32.1. The van der Waals surface area contributed by atoms with E-state index in [-0.39, 0.29) is 5.91 Å². The number of aromatic nitrogens is 1. The molecule has 0 aliphatic heterocycles. The van der Waals surface area contributed by atoms with Gasteiger partial charge in [0, 0.05) is 13.0 Å². The molecule has 0 saturated carbocycles. The van der Waals surface area contributed by atoms with Crippen LogP contribution in [0.25, 0.3) is 0 Å². The van der Waals surface area contributed by atoms with Crippen molar-refractivity contribution >= 4 is 17.2 Å². The fourth-order valence-corrected chi connectivity index (χ4v) is 2.21. The van der Waals surface area contributed by atoms with Crippen molar-refractivity contribution in [2.75, 3.05) is 13.1 Å². The number of aryl methyl sites for hydroxylation is 1. The first-order valence-electron chi connectivity index (χ1n) is 5.13. The van der Waals surface area contributed by atoms with Crippen molar-refractivity contribution in [3.8, 4) is 0 Å². The first-order valence-corrected chi connectivity index (χ1v) is 5.95. The van der Waals surface area contributed by atoms with Crippen molar-refractivity contribution in [1.29, 1.82) is 0 Å². The van der Waals surface area contributed by atoms with E-state index in [4.69, 9.17) is 5.73 Å². The second-order valence-electron chi connectivity index (χ2n) is 3.32. The fraction of sp³-hybridized carbons (Fsp3) is 0.600. The maximum absolute atomic E-state index is 11.7. The van der Waals surface area contributed by atoms with Crippen molar-refractivity contribution < 1.29 is 4.79 Å². The van der Waals surface area contributed by atoms with Crippen molar-refractivity contribution in [1.82, 2.24) is 10.3 Å². The molecule has 3 N–H and O–H groups in total. The highest BCUT2D eigenvalue weighted by Gasteiger charge is 2.13. The molecule has 0 radical (unpaired) electrons. The van der Waals surface area contributed by atoms with Crippen molar-refractivity contribution in [3.63, 3.8) is 0 Å². The van der Waals surface area contributed by atoms with Crippen LogP contribution < -0.4 is 11.1 Å². The molecular weight excluding hydrogens is 210 g/mol. The number of nitrogens with zero attached hydrogens (tertiary/aromatic N) is 1. The van der Waals surface area contributed by atoms with Crippen LogP contribution in [0.1, 0.15) is 33.7 Å². The molecule has 1 heterocycles. The molecule has 4 nitrogen and oxygen atoms in total. The summed E-state index contributed by atoms with van der Waals surface area (Å²) in [5, 5.41) is 3.79. The van der Waals surface area contributed by atoms with E-state index in [1.54, 1.807) is 0 Å². The minimum Gasteiger partial charge on any atom is -0.351 e. The molecular formula is C10H17N3OS. The Kier molecular flexibility index (Phi) is 4.71. The highest BCUT2D eigenvalue weighted by Crippen LogP contribution is 2.17. The topological polar surface area (TPSA) is 68.0 Å². The van der Waals surface area contributed by atoms with Gasteiger partial charge in [0.1, 0.15) is 4.88 Å². The van der Waals surface area contributed by atoms with Crippen molar-refractivity contribution in [3.05, 3.63) is 15.6 Å². The maximum atomic E-state index is 11.7. The van der Waals surface area contributed by atoms with Gasteiger partial charge in [0.2, 0.25) is 0 Å². The molecule has 0 spiro atoms. The number of carbonyl (C=O) groups is 1. The molecule has 0 fully saturated rings. The third-order valence-corrected chi connectivity index (χ3v) is 3.16. The lowest BCUT2D eigenvalue weighted by Gasteiger charge is -2.00. The van der Waals surface area contributed by atoms with E-state index >= 15 is 0 Å². The van der Waals surface area contributed by atoms with Gasteiger partial charge in [-0.2, -0.15) is 0 Å². The molecule has 84 valence electrons. The molecule has 1 rings (SSSR count). The lowest BCUT2D eigenvalue weighted by Crippen LogP contribution is -2.23. The Balaban J connectivity index is 2.71. The molecule has 1 aromatic heterocycles. The number of nitrogens with two attached hydrogens (primary N) is 1. The van der Waals surface area contributed by atoms with Crippen LogP contribution in [0.2, 0.25) is 0 Å². The van der Waals surface area contributed by atoms with Gasteiger partial charge in [0.05, 0.1) is 10.7 Å². The van der Waals surface area contributed by atoms with Gasteiger partial charge in [-0.1, -0.05) is 6.92 Å². The van der Waals surface area contributed by atoms with Crippen molar-refractivity contribution in [2.24, 2.45) is 5.73 Å². The predicted octanol–water partition coefficient (Wildman–Crippen LogP) is 1.09. The molecule has 0 aliphatic carbocycles. The number of nitrogens with one attached hydrogen (secondary N) is 1. The number of hydrogen-bond acceptors (Lipinski definition) is 4. The summed E-state index contributed by atoms with van der Waals surface area (Å²) in [5.74, 6) is -0.0184. The molecule has 0 aliphatic rings. The second-order valence-corrected chi connectivity index (χ2v) is 4.40. The largest absolute Gasteiger partial charge is 0.351 e. The van der Waals surface area contributed by atoms with E-state index in [2.05, 4.69) is 10.3 Å².